The van der Waals surface area contributed by atoms with Gasteiger partial charge in [0.05, 0.1) is 35.7 Å². The third-order valence-electron chi connectivity index (χ3n) is 7.89. The lowest BCUT2D eigenvalue weighted by Crippen LogP contribution is -2.42. The first-order valence-electron chi connectivity index (χ1n) is 14.2. The minimum Gasteiger partial charge on any atom is -0.485 e. The molecule has 0 bridgehead atoms. The molecule has 2 fully saturated rings. The molecule has 1 N–H and O–H groups in total. The molecule has 2 aromatic carbocycles. The Balaban J connectivity index is 1.26. The number of hydrogen-bond acceptors (Lipinski definition) is 8. The Bertz CT molecular complexity index is 1610. The first kappa shape index (κ1) is 28.3. The van der Waals surface area contributed by atoms with E-state index in [4.69, 9.17) is 14.2 Å². The van der Waals surface area contributed by atoms with Crippen molar-refractivity contribution in [3.05, 3.63) is 65.5 Å². The number of sulfonamides is 1. The van der Waals surface area contributed by atoms with Gasteiger partial charge in [0.2, 0.25) is 16.1 Å². The Morgan fingerprint density at radius 1 is 0.976 bits per heavy atom. The smallest absolute Gasteiger partial charge is 0.284 e. The van der Waals surface area contributed by atoms with Crippen LogP contribution in [0.3, 0.4) is 0 Å². The number of aryl methyl sites for hydroxylation is 1. The number of rotatable bonds is 7. The summed E-state index contributed by atoms with van der Waals surface area (Å²) in [7, 11) is -3.68. The number of para-hydroxylation sites is 2. The molecule has 0 saturated carbocycles. The lowest BCUT2D eigenvalue weighted by molar-refractivity contribution is -0.130. The van der Waals surface area contributed by atoms with Crippen LogP contribution in [0.5, 0.6) is 11.5 Å². The average molecular weight is 594 g/mol. The number of morpholine rings is 1. The number of nitrogens with zero attached hydrogens (tertiary/aromatic N) is 4. The van der Waals surface area contributed by atoms with Gasteiger partial charge in [-0.2, -0.15) is 9.41 Å². The summed E-state index contributed by atoms with van der Waals surface area (Å²) in [5.41, 5.74) is 6.94. The standard InChI is InChI=1S/C30H35N5O6S/c1-21-17-23(19-31-32-30(36)29-20-40-27-7-3-4-8-28(27)41-29)22(2)35(21)26-18-24(9-10-25(26)33-11-5-6-12-33)42(37,38)34-13-15-39-16-14-34/h3-4,7-10,17-19,29H,5-6,11-16,20H2,1-2H3,(H,32,36)/b31-19-/t29-/m0/s1. The summed E-state index contributed by atoms with van der Waals surface area (Å²) in [6.45, 7) is 7.32. The van der Waals surface area contributed by atoms with Crippen LogP contribution in [-0.4, -0.2) is 81.5 Å². The Kier molecular flexibility index (Phi) is 7.93. The molecule has 222 valence electrons. The van der Waals surface area contributed by atoms with E-state index < -0.39 is 22.0 Å². The Morgan fingerprint density at radius 3 is 2.48 bits per heavy atom. The third kappa shape index (κ3) is 5.49. The molecule has 3 aliphatic rings. The highest BCUT2D eigenvalue weighted by Gasteiger charge is 2.29. The number of ether oxygens (including phenoxy) is 3. The second kappa shape index (κ2) is 11.8. The van der Waals surface area contributed by atoms with Crippen LogP contribution in [0.25, 0.3) is 5.69 Å². The Labute approximate surface area is 245 Å². The van der Waals surface area contributed by atoms with Crippen molar-refractivity contribution in [2.24, 2.45) is 5.10 Å². The maximum atomic E-state index is 13.5. The maximum absolute atomic E-state index is 13.5. The van der Waals surface area contributed by atoms with Crippen molar-refractivity contribution < 1.29 is 27.4 Å². The van der Waals surface area contributed by atoms with Crippen molar-refractivity contribution in [3.8, 4) is 17.2 Å². The minimum atomic E-state index is -3.68. The number of carbonyl (C=O) groups excluding carboxylic acids is 1. The predicted molar refractivity (Wildman–Crippen MR) is 158 cm³/mol. The number of anilines is 1. The van der Waals surface area contributed by atoms with E-state index in [0.717, 1.165) is 54.3 Å². The molecule has 3 aromatic rings. The number of benzene rings is 2. The molecule has 0 unspecified atom stereocenters. The molecule has 1 atom stereocenters. The largest absolute Gasteiger partial charge is 0.485 e. The van der Waals surface area contributed by atoms with Crippen LogP contribution in [0.1, 0.15) is 29.8 Å². The summed E-state index contributed by atoms with van der Waals surface area (Å²) in [5, 5.41) is 4.20. The number of amides is 1. The number of nitrogens with one attached hydrogen (secondary N) is 1. The maximum Gasteiger partial charge on any atom is 0.284 e. The van der Waals surface area contributed by atoms with Crippen LogP contribution in [0.4, 0.5) is 5.69 Å². The van der Waals surface area contributed by atoms with E-state index >= 15 is 0 Å². The molecule has 0 spiro atoms. The van der Waals surface area contributed by atoms with Crippen LogP contribution < -0.4 is 19.8 Å². The van der Waals surface area contributed by atoms with Gasteiger partial charge in [0.15, 0.2) is 11.5 Å². The molecule has 12 heteroatoms. The summed E-state index contributed by atoms with van der Waals surface area (Å²) in [6.07, 6.45) is 2.97. The average Bonchev–Trinajstić information content (AvgIpc) is 3.65. The second-order valence-electron chi connectivity index (χ2n) is 10.6. The highest BCUT2D eigenvalue weighted by atomic mass is 32.2. The molecular formula is C30H35N5O6S. The number of aromatic nitrogens is 1. The van der Waals surface area contributed by atoms with Crippen LogP contribution in [0.2, 0.25) is 0 Å². The fourth-order valence-electron chi connectivity index (χ4n) is 5.68. The molecule has 3 aliphatic heterocycles. The van der Waals surface area contributed by atoms with Crippen molar-refractivity contribution >= 4 is 27.8 Å². The lowest BCUT2D eigenvalue weighted by Gasteiger charge is -2.28. The van der Waals surface area contributed by atoms with E-state index in [1.807, 2.05) is 38.1 Å². The zero-order valence-corrected chi connectivity index (χ0v) is 24.6. The van der Waals surface area contributed by atoms with E-state index in [1.165, 1.54) is 4.31 Å². The fourth-order valence-corrected chi connectivity index (χ4v) is 7.11. The van der Waals surface area contributed by atoms with Crippen LogP contribution in [-0.2, 0) is 19.6 Å². The molecule has 4 heterocycles. The molecule has 1 amide bonds. The van der Waals surface area contributed by atoms with Crippen molar-refractivity contribution in [2.45, 2.75) is 37.7 Å². The van der Waals surface area contributed by atoms with E-state index in [-0.39, 0.29) is 11.5 Å². The molecule has 11 nitrogen and oxygen atoms in total. The quantitative estimate of drug-likeness (QED) is 0.331. The number of fused-ring (bicyclic) bond motifs is 1. The van der Waals surface area contributed by atoms with Gasteiger partial charge < -0.3 is 23.7 Å². The van der Waals surface area contributed by atoms with E-state index in [9.17, 15) is 13.2 Å². The fraction of sp³-hybridized carbons (Fsp3) is 0.400. The first-order valence-corrected chi connectivity index (χ1v) is 15.6. The zero-order valence-electron chi connectivity index (χ0n) is 23.8. The topological polar surface area (TPSA) is 115 Å². The number of hydrogen-bond donors (Lipinski definition) is 1. The highest BCUT2D eigenvalue weighted by Crippen LogP contribution is 2.34. The second-order valence-corrected chi connectivity index (χ2v) is 12.6. The van der Waals surface area contributed by atoms with Gasteiger partial charge in [-0.25, -0.2) is 13.8 Å². The van der Waals surface area contributed by atoms with Crippen molar-refractivity contribution in [3.63, 3.8) is 0 Å². The van der Waals surface area contributed by atoms with Crippen LogP contribution in [0.15, 0.2) is 58.5 Å². The molecule has 42 heavy (non-hydrogen) atoms. The molecule has 1 aromatic heterocycles. The Morgan fingerprint density at radius 2 is 1.71 bits per heavy atom. The van der Waals surface area contributed by atoms with E-state index in [0.29, 0.717) is 37.8 Å². The summed E-state index contributed by atoms with van der Waals surface area (Å²) < 4.78 is 47.4. The molecule has 0 radical (unpaired) electrons. The van der Waals surface area contributed by atoms with Gasteiger partial charge in [-0.1, -0.05) is 12.1 Å². The van der Waals surface area contributed by atoms with E-state index in [1.54, 1.807) is 30.5 Å². The zero-order chi connectivity index (χ0) is 29.3. The van der Waals surface area contributed by atoms with Gasteiger partial charge in [0.25, 0.3) is 5.91 Å². The van der Waals surface area contributed by atoms with Crippen molar-refractivity contribution in [2.75, 3.05) is 50.9 Å². The highest BCUT2D eigenvalue weighted by molar-refractivity contribution is 7.89. The lowest BCUT2D eigenvalue weighted by atomic mass is 10.2. The van der Waals surface area contributed by atoms with Crippen molar-refractivity contribution in [1.82, 2.24) is 14.3 Å². The normalized spacial score (nSPS) is 19.4. The monoisotopic (exact) mass is 593 g/mol. The summed E-state index contributed by atoms with van der Waals surface area (Å²) in [6, 6.07) is 14.6. The molecule has 6 rings (SSSR count). The SMILES string of the molecule is Cc1cc(/C=N\NC(=O)[C@@H]2COc3ccccc3O2)c(C)n1-c1cc(S(=O)(=O)N2CCOCC2)ccc1N1CCCC1. The summed E-state index contributed by atoms with van der Waals surface area (Å²) in [4.78, 5) is 15.3. The molecular weight excluding hydrogens is 558 g/mol. The number of hydrazone groups is 1. The predicted octanol–water partition coefficient (Wildman–Crippen LogP) is 3.01. The molecule has 0 aliphatic carbocycles. The van der Waals surface area contributed by atoms with E-state index in [2.05, 4.69) is 20.0 Å². The molecule has 2 saturated heterocycles. The van der Waals surface area contributed by atoms with Crippen molar-refractivity contribution in [1.29, 1.82) is 0 Å². The number of carbonyl (C=O) groups is 1. The van der Waals surface area contributed by atoms with Gasteiger partial charge in [0, 0.05) is 43.1 Å². The van der Waals surface area contributed by atoms with Crippen LogP contribution >= 0.6 is 0 Å². The summed E-state index contributed by atoms with van der Waals surface area (Å²) in [5.74, 6) is 0.711. The third-order valence-corrected chi connectivity index (χ3v) is 9.79. The van der Waals surface area contributed by atoms with Gasteiger partial charge in [-0.15, -0.1) is 0 Å². The Hall–Kier alpha value is -3.87. The van der Waals surface area contributed by atoms with Gasteiger partial charge in [-0.3, -0.25) is 4.79 Å². The minimum absolute atomic E-state index is 0.0931. The van der Waals surface area contributed by atoms with Gasteiger partial charge >= 0.3 is 0 Å². The van der Waals surface area contributed by atoms with Gasteiger partial charge in [0.1, 0.15) is 6.61 Å². The van der Waals surface area contributed by atoms with Gasteiger partial charge in [-0.05, 0) is 63.1 Å². The first-order chi connectivity index (χ1) is 20.3. The van der Waals surface area contributed by atoms with Crippen LogP contribution in [0, 0.1) is 13.8 Å². The summed E-state index contributed by atoms with van der Waals surface area (Å²) >= 11 is 0.